The maximum absolute atomic E-state index is 11.6. The van der Waals surface area contributed by atoms with Gasteiger partial charge in [0.1, 0.15) is 5.75 Å². The number of thioether (sulfide) groups is 1. The van der Waals surface area contributed by atoms with Crippen molar-refractivity contribution in [3.05, 3.63) is 29.8 Å². The van der Waals surface area contributed by atoms with Gasteiger partial charge < -0.3 is 4.74 Å². The van der Waals surface area contributed by atoms with E-state index in [2.05, 4.69) is 12.2 Å². The molecule has 1 aliphatic heterocycles. The number of carbonyl (C=O) groups is 2. The molecule has 130 valence electrons. The summed E-state index contributed by atoms with van der Waals surface area (Å²) in [6, 6.07) is 7.88. The van der Waals surface area contributed by atoms with Gasteiger partial charge in [0, 0.05) is 5.41 Å². The number of benzene rings is 1. The molecule has 24 heavy (non-hydrogen) atoms. The fourth-order valence-corrected chi connectivity index (χ4v) is 4.13. The summed E-state index contributed by atoms with van der Waals surface area (Å²) in [5.41, 5.74) is 1.35. The zero-order valence-corrected chi connectivity index (χ0v) is 20.5. The predicted octanol–water partition coefficient (Wildman–Crippen LogP) is 3.01. The quantitative estimate of drug-likeness (QED) is 0.582. The molecule has 0 aromatic heterocycles. The number of hydrogen-bond donors (Lipinski definition) is 1. The summed E-state index contributed by atoms with van der Waals surface area (Å²) in [6.45, 7) is 3.08. The van der Waals surface area contributed by atoms with Gasteiger partial charge in [-0.25, -0.2) is 0 Å². The summed E-state index contributed by atoms with van der Waals surface area (Å²) in [4.78, 5) is 22.8. The predicted molar refractivity (Wildman–Crippen MR) is 100 cm³/mol. The number of amides is 2. The van der Waals surface area contributed by atoms with Crippen molar-refractivity contribution in [3.63, 3.8) is 0 Å². The van der Waals surface area contributed by atoms with Gasteiger partial charge in [-0.15, -0.1) is 0 Å². The monoisotopic (exact) mass is 543 g/mol. The summed E-state index contributed by atoms with van der Waals surface area (Å²) >= 11 is 1.07. The Morgan fingerprint density at radius 3 is 2.42 bits per heavy atom. The molecule has 1 heterocycles. The minimum atomic E-state index is -0.310. The van der Waals surface area contributed by atoms with Crippen molar-refractivity contribution in [3.8, 4) is 5.75 Å². The molecular formula is C18H25NO3PbS. The third kappa shape index (κ3) is 5.21. The van der Waals surface area contributed by atoms with Crippen LogP contribution in [0.5, 0.6) is 5.75 Å². The summed E-state index contributed by atoms with van der Waals surface area (Å²) in [5.74, 6) is 0.686. The van der Waals surface area contributed by atoms with Crippen molar-refractivity contribution in [2.45, 2.75) is 50.7 Å². The van der Waals surface area contributed by atoms with Crippen LogP contribution in [0, 0.1) is 5.41 Å². The van der Waals surface area contributed by atoms with Crippen LogP contribution >= 0.6 is 11.8 Å². The van der Waals surface area contributed by atoms with Crippen LogP contribution in [0.15, 0.2) is 24.3 Å². The van der Waals surface area contributed by atoms with Crippen LogP contribution < -0.4 is 10.1 Å². The molecular weight excluding hydrogens is 517 g/mol. The topological polar surface area (TPSA) is 55.4 Å². The Labute approximate surface area is 167 Å². The zero-order chi connectivity index (χ0) is 16.3. The second-order valence-electron chi connectivity index (χ2n) is 6.89. The molecule has 1 N–H and O–H groups in total. The molecule has 1 aromatic carbocycles. The van der Waals surface area contributed by atoms with Crippen LogP contribution in [0.3, 0.4) is 0 Å². The number of hydrogen-bond acceptors (Lipinski definition) is 4. The van der Waals surface area contributed by atoms with Gasteiger partial charge in [0.15, 0.2) is 0 Å². The standard InChI is InChI=1S/C18H23NO3S.Pb.2H/c1-18(9-3-2-4-10-18)12-22-14-7-5-13(6-8-14)11-15-16(20)19-17(21)23-15;;;/h5-8,15H,2-4,9-12H2,1H3,(H,19,20,21);;;. The van der Waals surface area contributed by atoms with Gasteiger partial charge in [0.25, 0.3) is 5.24 Å². The van der Waals surface area contributed by atoms with Crippen LogP contribution in [-0.4, -0.2) is 50.3 Å². The molecule has 6 heteroatoms. The van der Waals surface area contributed by atoms with Gasteiger partial charge in [0.05, 0.1) is 11.9 Å². The van der Waals surface area contributed by atoms with Crippen molar-refractivity contribution >= 4 is 50.2 Å². The third-order valence-electron chi connectivity index (χ3n) is 4.76. The molecule has 1 unspecified atom stereocenters. The molecule has 1 atom stereocenters. The summed E-state index contributed by atoms with van der Waals surface area (Å²) in [5, 5.41) is 1.76. The van der Waals surface area contributed by atoms with E-state index < -0.39 is 0 Å². The number of nitrogens with one attached hydrogen (secondary N) is 1. The number of rotatable bonds is 5. The molecule has 2 amide bonds. The average molecular weight is 543 g/mol. The molecule has 4 nitrogen and oxygen atoms in total. The fourth-order valence-electron chi connectivity index (χ4n) is 3.27. The fraction of sp³-hybridized carbons (Fsp3) is 0.556. The first-order valence-corrected chi connectivity index (χ1v) is 9.15. The van der Waals surface area contributed by atoms with Crippen LogP contribution in [0.25, 0.3) is 0 Å². The van der Waals surface area contributed by atoms with Crippen molar-refractivity contribution < 1.29 is 14.3 Å². The normalized spacial score (nSPS) is 22.6. The van der Waals surface area contributed by atoms with Gasteiger partial charge in [-0.05, 0) is 37.0 Å². The molecule has 1 saturated carbocycles. The molecule has 2 fully saturated rings. The third-order valence-corrected chi connectivity index (χ3v) is 5.74. The van der Waals surface area contributed by atoms with Crippen molar-refractivity contribution in [2.75, 3.05) is 6.61 Å². The van der Waals surface area contributed by atoms with E-state index in [4.69, 9.17) is 4.74 Å². The first-order valence-electron chi connectivity index (χ1n) is 8.27. The Bertz CT molecular complexity index is 584. The van der Waals surface area contributed by atoms with E-state index in [1.165, 1.54) is 32.1 Å². The van der Waals surface area contributed by atoms with E-state index in [0.717, 1.165) is 29.7 Å². The molecule has 0 spiro atoms. The van der Waals surface area contributed by atoms with Crippen molar-refractivity contribution in [1.29, 1.82) is 0 Å². The molecule has 1 aliphatic carbocycles. The van der Waals surface area contributed by atoms with Crippen molar-refractivity contribution in [2.24, 2.45) is 5.41 Å². The summed E-state index contributed by atoms with van der Waals surface area (Å²) in [6.07, 6.45) is 7.01. The van der Waals surface area contributed by atoms with Gasteiger partial charge in [-0.3, -0.25) is 14.9 Å². The van der Waals surface area contributed by atoms with E-state index in [0.29, 0.717) is 11.8 Å². The molecule has 3 rings (SSSR count). The molecule has 1 aromatic rings. The molecule has 2 radical (unpaired) electrons. The van der Waals surface area contributed by atoms with Crippen LogP contribution in [0.4, 0.5) is 4.79 Å². The van der Waals surface area contributed by atoms with Gasteiger partial charge >= 0.3 is 27.3 Å². The van der Waals surface area contributed by atoms with E-state index in [1.54, 1.807) is 0 Å². The average Bonchev–Trinajstić information content (AvgIpc) is 2.85. The Hall–Kier alpha value is -0.568. The van der Waals surface area contributed by atoms with E-state index >= 15 is 0 Å². The van der Waals surface area contributed by atoms with Gasteiger partial charge in [-0.1, -0.05) is 50.1 Å². The summed E-state index contributed by atoms with van der Waals surface area (Å²) in [7, 11) is 0. The van der Waals surface area contributed by atoms with Gasteiger partial charge in [-0.2, -0.15) is 0 Å². The van der Waals surface area contributed by atoms with Crippen LogP contribution in [0.1, 0.15) is 44.6 Å². The maximum atomic E-state index is 11.6. The van der Waals surface area contributed by atoms with Crippen LogP contribution in [0.2, 0.25) is 0 Å². The number of carbonyl (C=O) groups excluding carboxylic acids is 2. The first kappa shape index (κ1) is 19.8. The molecule has 2 aliphatic rings. The Morgan fingerprint density at radius 2 is 1.83 bits per heavy atom. The number of imide groups is 1. The second-order valence-corrected chi connectivity index (χ2v) is 8.07. The Balaban J connectivity index is 0.00000208. The van der Waals surface area contributed by atoms with Crippen molar-refractivity contribution in [1.82, 2.24) is 5.32 Å². The Morgan fingerprint density at radius 1 is 1.17 bits per heavy atom. The zero-order valence-electron chi connectivity index (χ0n) is 14.2. The minimum absolute atomic E-state index is 0. The molecule has 0 bridgehead atoms. The Kier molecular flexibility index (Phi) is 7.15. The van der Waals surface area contributed by atoms with E-state index in [-0.39, 0.29) is 43.7 Å². The first-order chi connectivity index (χ1) is 11.0. The second kappa shape index (κ2) is 8.69. The van der Waals surface area contributed by atoms with E-state index in [1.807, 2.05) is 24.3 Å². The summed E-state index contributed by atoms with van der Waals surface area (Å²) < 4.78 is 5.97. The van der Waals surface area contributed by atoms with Crippen LogP contribution in [-0.2, 0) is 11.2 Å². The van der Waals surface area contributed by atoms with Gasteiger partial charge in [0.2, 0.25) is 5.91 Å². The van der Waals surface area contributed by atoms with E-state index in [9.17, 15) is 9.59 Å². The number of ether oxygens (including phenoxy) is 1. The molecule has 1 saturated heterocycles. The SMILES string of the molecule is CC1(COc2ccc(CC3SC(=O)NC3=O)cc2)CCCCC1.[PbH2].